The Balaban J connectivity index is 1.75. The number of aromatic nitrogens is 2. The van der Waals surface area contributed by atoms with Gasteiger partial charge in [-0.05, 0) is 13.8 Å². The lowest BCUT2D eigenvalue weighted by Crippen LogP contribution is -2.36. The van der Waals surface area contributed by atoms with Crippen molar-refractivity contribution in [2.45, 2.75) is 39.3 Å². The van der Waals surface area contributed by atoms with Gasteiger partial charge in [-0.1, -0.05) is 5.16 Å². The molecule has 8 heteroatoms. The van der Waals surface area contributed by atoms with E-state index in [-0.39, 0.29) is 30.2 Å². The number of likely N-dealkylation sites (tertiary alicyclic amines) is 1. The number of ether oxygens (including phenoxy) is 1. The Morgan fingerprint density at radius 3 is 2.95 bits per heavy atom. The van der Waals surface area contributed by atoms with Gasteiger partial charge in [0.2, 0.25) is 17.7 Å². The number of carbonyl (C=O) groups is 2. The summed E-state index contributed by atoms with van der Waals surface area (Å²) in [7, 11) is 1.56. The maximum Gasteiger partial charge on any atom is 0.228 e. The van der Waals surface area contributed by atoms with Crippen LogP contribution in [0.2, 0.25) is 0 Å². The van der Waals surface area contributed by atoms with E-state index in [4.69, 9.17) is 9.26 Å². The highest BCUT2D eigenvalue weighted by molar-refractivity contribution is 5.89. The summed E-state index contributed by atoms with van der Waals surface area (Å²) in [6.45, 7) is 5.09. The molecule has 22 heavy (non-hydrogen) atoms. The van der Waals surface area contributed by atoms with Gasteiger partial charge < -0.3 is 19.5 Å². The molecule has 0 radical (unpaired) electrons. The topological polar surface area (TPSA) is 97.6 Å². The molecule has 1 aliphatic heterocycles. The molecule has 1 fully saturated rings. The van der Waals surface area contributed by atoms with Crippen molar-refractivity contribution in [1.29, 1.82) is 0 Å². The van der Waals surface area contributed by atoms with E-state index in [1.807, 2.05) is 13.8 Å². The van der Waals surface area contributed by atoms with Crippen LogP contribution in [-0.2, 0) is 27.4 Å². The van der Waals surface area contributed by atoms with Crippen LogP contribution in [-0.4, -0.2) is 53.1 Å². The first kappa shape index (κ1) is 16.4. The van der Waals surface area contributed by atoms with E-state index in [0.29, 0.717) is 37.8 Å². The summed E-state index contributed by atoms with van der Waals surface area (Å²) in [6, 6.07) is 0.128. The molecule has 0 unspecified atom stereocenters. The van der Waals surface area contributed by atoms with Crippen molar-refractivity contribution < 1.29 is 18.8 Å². The average molecular weight is 310 g/mol. The second-order valence-electron chi connectivity index (χ2n) is 5.62. The smallest absolute Gasteiger partial charge is 0.228 e. The highest BCUT2D eigenvalue weighted by Gasteiger charge is 2.35. The van der Waals surface area contributed by atoms with Crippen LogP contribution in [0.4, 0.5) is 0 Å². The second-order valence-corrected chi connectivity index (χ2v) is 5.62. The molecule has 0 aliphatic carbocycles. The number of rotatable bonds is 7. The Morgan fingerprint density at radius 2 is 2.32 bits per heavy atom. The van der Waals surface area contributed by atoms with Crippen LogP contribution in [0.5, 0.6) is 0 Å². The Kier molecular flexibility index (Phi) is 5.48. The SMILES string of the molecule is COCc1noc(CCNC(=O)[C@H]2CC(=O)N(C(C)C)C2)n1. The maximum absolute atomic E-state index is 12.1. The first-order chi connectivity index (χ1) is 10.5. The van der Waals surface area contributed by atoms with Crippen LogP contribution in [0.1, 0.15) is 32.0 Å². The minimum Gasteiger partial charge on any atom is -0.377 e. The lowest BCUT2D eigenvalue weighted by atomic mass is 10.1. The van der Waals surface area contributed by atoms with Gasteiger partial charge in [0.15, 0.2) is 5.82 Å². The zero-order valence-electron chi connectivity index (χ0n) is 13.2. The first-order valence-corrected chi connectivity index (χ1v) is 7.38. The standard InChI is InChI=1S/C14H22N4O4/c1-9(2)18-7-10(6-13(18)19)14(20)15-5-4-12-16-11(8-21-3)17-22-12/h9-10H,4-8H2,1-3H3,(H,15,20)/t10-/m0/s1. The summed E-state index contributed by atoms with van der Waals surface area (Å²) in [5.74, 6) is 0.600. The molecule has 1 aromatic heterocycles. The number of hydrogen-bond acceptors (Lipinski definition) is 6. The fourth-order valence-corrected chi connectivity index (χ4v) is 2.42. The molecule has 2 amide bonds. The third-order valence-electron chi connectivity index (χ3n) is 3.57. The molecule has 2 heterocycles. The average Bonchev–Trinajstić information content (AvgIpc) is 3.06. The van der Waals surface area contributed by atoms with Gasteiger partial charge in [0.05, 0.1) is 5.92 Å². The molecule has 0 saturated carbocycles. The number of hydrogen-bond donors (Lipinski definition) is 1. The van der Waals surface area contributed by atoms with Crippen LogP contribution in [0.15, 0.2) is 4.52 Å². The fourth-order valence-electron chi connectivity index (χ4n) is 2.42. The van der Waals surface area contributed by atoms with Gasteiger partial charge >= 0.3 is 0 Å². The Morgan fingerprint density at radius 1 is 1.55 bits per heavy atom. The van der Waals surface area contributed by atoms with E-state index < -0.39 is 0 Å². The minimum atomic E-state index is -0.276. The highest BCUT2D eigenvalue weighted by Crippen LogP contribution is 2.20. The van der Waals surface area contributed by atoms with Crippen LogP contribution in [0.25, 0.3) is 0 Å². The molecule has 0 bridgehead atoms. The Bertz CT molecular complexity index is 529. The number of nitrogens with zero attached hydrogens (tertiary/aromatic N) is 3. The third-order valence-corrected chi connectivity index (χ3v) is 3.57. The van der Waals surface area contributed by atoms with Gasteiger partial charge in [-0.15, -0.1) is 0 Å². The van der Waals surface area contributed by atoms with Crippen molar-refractivity contribution >= 4 is 11.8 Å². The van der Waals surface area contributed by atoms with Crippen molar-refractivity contribution in [3.63, 3.8) is 0 Å². The number of methoxy groups -OCH3 is 1. The minimum absolute atomic E-state index is 0.0382. The van der Waals surface area contributed by atoms with Gasteiger partial charge in [-0.25, -0.2) is 0 Å². The summed E-state index contributed by atoms with van der Waals surface area (Å²) in [5.41, 5.74) is 0. The summed E-state index contributed by atoms with van der Waals surface area (Å²) >= 11 is 0. The summed E-state index contributed by atoms with van der Waals surface area (Å²) in [6.07, 6.45) is 0.736. The molecule has 1 aromatic rings. The number of amides is 2. The number of carbonyl (C=O) groups excluding carboxylic acids is 2. The van der Waals surface area contributed by atoms with Crippen LogP contribution < -0.4 is 5.32 Å². The monoisotopic (exact) mass is 310 g/mol. The maximum atomic E-state index is 12.1. The molecular weight excluding hydrogens is 288 g/mol. The summed E-state index contributed by atoms with van der Waals surface area (Å²) < 4.78 is 9.93. The van der Waals surface area contributed by atoms with Gasteiger partial charge in [0.25, 0.3) is 0 Å². The van der Waals surface area contributed by atoms with Crippen molar-refractivity contribution in [2.24, 2.45) is 5.92 Å². The summed E-state index contributed by atoms with van der Waals surface area (Å²) in [5, 5.41) is 6.56. The molecule has 1 N–H and O–H groups in total. The van der Waals surface area contributed by atoms with Gasteiger partial charge in [-0.3, -0.25) is 9.59 Å². The van der Waals surface area contributed by atoms with E-state index in [2.05, 4.69) is 15.5 Å². The molecule has 1 atom stereocenters. The van der Waals surface area contributed by atoms with E-state index >= 15 is 0 Å². The summed E-state index contributed by atoms with van der Waals surface area (Å²) in [4.78, 5) is 29.7. The predicted octanol–water partition coefficient (Wildman–Crippen LogP) is 0.132. The van der Waals surface area contributed by atoms with Gasteiger partial charge in [0.1, 0.15) is 6.61 Å². The largest absolute Gasteiger partial charge is 0.377 e. The lowest BCUT2D eigenvalue weighted by molar-refractivity contribution is -0.129. The molecule has 122 valence electrons. The molecule has 0 aromatic carbocycles. The Hall–Kier alpha value is -1.96. The molecule has 1 aliphatic rings. The normalized spacial score (nSPS) is 18.3. The van der Waals surface area contributed by atoms with Crippen molar-refractivity contribution in [3.8, 4) is 0 Å². The molecule has 0 spiro atoms. The van der Waals surface area contributed by atoms with Crippen LogP contribution >= 0.6 is 0 Å². The van der Waals surface area contributed by atoms with Crippen molar-refractivity contribution in [1.82, 2.24) is 20.4 Å². The van der Waals surface area contributed by atoms with E-state index in [1.165, 1.54) is 0 Å². The van der Waals surface area contributed by atoms with Crippen molar-refractivity contribution in [2.75, 3.05) is 20.2 Å². The lowest BCUT2D eigenvalue weighted by Gasteiger charge is -2.20. The molecular formula is C14H22N4O4. The second kappa shape index (κ2) is 7.35. The Labute approximate surface area is 129 Å². The first-order valence-electron chi connectivity index (χ1n) is 7.38. The van der Waals surface area contributed by atoms with Gasteiger partial charge in [-0.2, -0.15) is 4.98 Å². The zero-order valence-corrected chi connectivity index (χ0v) is 13.2. The highest BCUT2D eigenvalue weighted by atomic mass is 16.5. The van der Waals surface area contributed by atoms with E-state index in [9.17, 15) is 9.59 Å². The van der Waals surface area contributed by atoms with Crippen molar-refractivity contribution in [3.05, 3.63) is 11.7 Å². The van der Waals surface area contributed by atoms with E-state index in [1.54, 1.807) is 12.0 Å². The van der Waals surface area contributed by atoms with Gasteiger partial charge in [0, 0.05) is 39.1 Å². The number of nitrogens with one attached hydrogen (secondary N) is 1. The molecule has 8 nitrogen and oxygen atoms in total. The predicted molar refractivity (Wildman–Crippen MR) is 76.7 cm³/mol. The zero-order chi connectivity index (χ0) is 16.1. The quantitative estimate of drug-likeness (QED) is 0.769. The van der Waals surface area contributed by atoms with Crippen LogP contribution in [0, 0.1) is 5.92 Å². The third kappa shape index (κ3) is 4.03. The van der Waals surface area contributed by atoms with E-state index in [0.717, 1.165) is 0 Å². The fraction of sp³-hybridized carbons (Fsp3) is 0.714. The molecule has 1 saturated heterocycles. The molecule has 2 rings (SSSR count). The van der Waals surface area contributed by atoms with Crippen LogP contribution in [0.3, 0.4) is 0 Å².